The Morgan fingerprint density at radius 1 is 1.00 bits per heavy atom. The number of anilines is 1. The largest absolute Gasteiger partial charge is 0.296 e. The Balaban J connectivity index is 1.66. The van der Waals surface area contributed by atoms with E-state index >= 15 is 0 Å². The minimum absolute atomic E-state index is 0.0877. The Morgan fingerprint density at radius 2 is 1.75 bits per heavy atom. The number of nitrogens with one attached hydrogen (secondary N) is 1. The first-order valence-electron chi connectivity index (χ1n) is 9.34. The van der Waals surface area contributed by atoms with Crippen LogP contribution in [0.2, 0.25) is 0 Å². The molecule has 32 heavy (non-hydrogen) atoms. The number of carbonyl (C=O) groups is 1. The van der Waals surface area contributed by atoms with Crippen LogP contribution in [0.3, 0.4) is 0 Å². The van der Waals surface area contributed by atoms with Crippen LogP contribution in [0, 0.1) is 31.3 Å². The number of rotatable bonds is 4. The van der Waals surface area contributed by atoms with E-state index in [1.165, 1.54) is 35.0 Å². The van der Waals surface area contributed by atoms with E-state index in [0.717, 1.165) is 23.5 Å². The Labute approximate surface area is 184 Å². The number of amides is 1. The topological polar surface area (TPSA) is 76.9 Å². The summed E-state index contributed by atoms with van der Waals surface area (Å²) in [6.45, 7) is 3.28. The first kappa shape index (κ1) is 21.4. The summed E-state index contributed by atoms with van der Waals surface area (Å²) < 4.78 is 42.2. The van der Waals surface area contributed by atoms with Crippen molar-refractivity contribution >= 4 is 22.4 Å². The van der Waals surface area contributed by atoms with Crippen molar-refractivity contribution in [1.82, 2.24) is 14.8 Å². The standard InChI is InChI=1S/C22H15F3N4O2S/c1-11-9-18(30)20(28-29(11)17-6-4-3-5-15(17)24)21(31)27-22-26-19(12(2)32-22)13-7-8-14(23)16(25)10-13/h3-10H,1-2H3,(H,26,27,31). The van der Waals surface area contributed by atoms with E-state index in [-0.39, 0.29) is 10.8 Å². The van der Waals surface area contributed by atoms with Crippen LogP contribution in [-0.4, -0.2) is 20.7 Å². The molecule has 10 heteroatoms. The normalized spacial score (nSPS) is 10.9. The first-order chi connectivity index (χ1) is 15.2. The summed E-state index contributed by atoms with van der Waals surface area (Å²) in [6, 6.07) is 10.4. The fourth-order valence-corrected chi connectivity index (χ4v) is 3.92. The van der Waals surface area contributed by atoms with Gasteiger partial charge in [0.25, 0.3) is 5.91 Å². The van der Waals surface area contributed by atoms with Gasteiger partial charge in [-0.25, -0.2) is 22.8 Å². The number of thiazole rings is 1. The van der Waals surface area contributed by atoms with E-state index in [1.807, 2.05) is 0 Å². The summed E-state index contributed by atoms with van der Waals surface area (Å²) in [7, 11) is 0. The lowest BCUT2D eigenvalue weighted by Gasteiger charge is -2.11. The highest BCUT2D eigenvalue weighted by atomic mass is 32.1. The van der Waals surface area contributed by atoms with Crippen LogP contribution in [0.1, 0.15) is 21.1 Å². The van der Waals surface area contributed by atoms with Crippen LogP contribution >= 0.6 is 11.3 Å². The summed E-state index contributed by atoms with van der Waals surface area (Å²) >= 11 is 1.10. The van der Waals surface area contributed by atoms with Gasteiger partial charge in [-0.05, 0) is 44.2 Å². The molecule has 0 fully saturated rings. The van der Waals surface area contributed by atoms with Crippen molar-refractivity contribution < 1.29 is 18.0 Å². The van der Waals surface area contributed by atoms with Crippen LogP contribution in [0.4, 0.5) is 18.3 Å². The van der Waals surface area contributed by atoms with Gasteiger partial charge in [0.1, 0.15) is 11.5 Å². The van der Waals surface area contributed by atoms with Crippen molar-refractivity contribution in [2.45, 2.75) is 13.8 Å². The lowest BCUT2D eigenvalue weighted by atomic mass is 10.1. The predicted molar refractivity (Wildman–Crippen MR) is 115 cm³/mol. The van der Waals surface area contributed by atoms with Crippen LogP contribution in [-0.2, 0) is 0 Å². The second-order valence-electron chi connectivity index (χ2n) is 6.87. The van der Waals surface area contributed by atoms with Crippen molar-refractivity contribution in [2.75, 3.05) is 5.32 Å². The van der Waals surface area contributed by atoms with E-state index < -0.39 is 34.5 Å². The third kappa shape index (κ3) is 4.04. The van der Waals surface area contributed by atoms with Gasteiger partial charge in [0.15, 0.2) is 22.5 Å². The Bertz CT molecular complexity index is 1410. The fraction of sp³-hybridized carbons (Fsp3) is 0.0909. The molecule has 0 saturated carbocycles. The van der Waals surface area contributed by atoms with Gasteiger partial charge >= 0.3 is 0 Å². The molecule has 162 valence electrons. The lowest BCUT2D eigenvalue weighted by Crippen LogP contribution is -2.27. The van der Waals surface area contributed by atoms with E-state index in [9.17, 15) is 22.8 Å². The van der Waals surface area contributed by atoms with Gasteiger partial charge in [0.05, 0.1) is 5.69 Å². The number of hydrogen-bond acceptors (Lipinski definition) is 5. The molecule has 2 aromatic carbocycles. The zero-order valence-electron chi connectivity index (χ0n) is 16.8. The quantitative estimate of drug-likeness (QED) is 0.485. The zero-order chi connectivity index (χ0) is 23.0. The molecule has 0 bridgehead atoms. The van der Waals surface area contributed by atoms with E-state index in [2.05, 4.69) is 15.4 Å². The molecule has 2 heterocycles. The first-order valence-corrected chi connectivity index (χ1v) is 10.2. The van der Waals surface area contributed by atoms with Crippen molar-refractivity contribution in [3.05, 3.63) is 92.5 Å². The zero-order valence-corrected chi connectivity index (χ0v) is 17.6. The smallest absolute Gasteiger partial charge is 0.281 e. The van der Waals surface area contributed by atoms with Gasteiger partial charge in [-0.3, -0.25) is 14.9 Å². The molecule has 2 aromatic heterocycles. The SMILES string of the molecule is Cc1sc(NC(=O)c2nn(-c3ccccc3F)c(C)cc2=O)nc1-c1ccc(F)c(F)c1. The number of halogens is 3. The van der Waals surface area contributed by atoms with Gasteiger partial charge in [-0.2, -0.15) is 5.10 Å². The summed E-state index contributed by atoms with van der Waals surface area (Å²) in [5, 5.41) is 6.69. The highest BCUT2D eigenvalue weighted by Crippen LogP contribution is 2.31. The molecule has 0 aliphatic heterocycles. The van der Waals surface area contributed by atoms with E-state index in [1.54, 1.807) is 19.9 Å². The van der Waals surface area contributed by atoms with Crippen molar-refractivity contribution in [3.8, 4) is 16.9 Å². The Kier molecular flexibility index (Phi) is 5.62. The van der Waals surface area contributed by atoms with Gasteiger partial charge in [0, 0.05) is 22.2 Å². The van der Waals surface area contributed by atoms with Crippen LogP contribution in [0.25, 0.3) is 16.9 Å². The van der Waals surface area contributed by atoms with E-state index in [0.29, 0.717) is 21.8 Å². The highest BCUT2D eigenvalue weighted by Gasteiger charge is 2.19. The maximum atomic E-state index is 14.2. The Morgan fingerprint density at radius 3 is 2.47 bits per heavy atom. The van der Waals surface area contributed by atoms with Crippen molar-refractivity contribution in [3.63, 3.8) is 0 Å². The molecule has 1 N–H and O–H groups in total. The third-order valence-electron chi connectivity index (χ3n) is 4.61. The van der Waals surface area contributed by atoms with Crippen LogP contribution in [0.15, 0.2) is 53.3 Å². The average molecular weight is 456 g/mol. The molecular weight excluding hydrogens is 441 g/mol. The number of aryl methyl sites for hydroxylation is 2. The van der Waals surface area contributed by atoms with Gasteiger partial charge in [-0.1, -0.05) is 12.1 Å². The molecule has 0 unspecified atom stereocenters. The second kappa shape index (κ2) is 8.39. The number of aromatic nitrogens is 3. The van der Waals surface area contributed by atoms with Gasteiger partial charge < -0.3 is 0 Å². The van der Waals surface area contributed by atoms with Gasteiger partial charge in [-0.15, -0.1) is 11.3 Å². The minimum atomic E-state index is -1.02. The number of hydrogen-bond donors (Lipinski definition) is 1. The Hall–Kier alpha value is -3.79. The highest BCUT2D eigenvalue weighted by molar-refractivity contribution is 7.16. The summed E-state index contributed by atoms with van der Waals surface area (Å²) in [5.74, 6) is -3.39. The molecule has 0 radical (unpaired) electrons. The molecule has 0 aliphatic rings. The molecule has 0 atom stereocenters. The average Bonchev–Trinajstić information content (AvgIpc) is 3.10. The molecule has 6 nitrogen and oxygen atoms in total. The fourth-order valence-electron chi connectivity index (χ4n) is 3.09. The molecule has 1 amide bonds. The second-order valence-corrected chi connectivity index (χ2v) is 8.07. The summed E-state index contributed by atoms with van der Waals surface area (Å²) in [5.41, 5.74) is 0.0632. The molecule has 0 spiro atoms. The molecule has 0 aliphatic carbocycles. The number of benzene rings is 2. The van der Waals surface area contributed by atoms with Crippen LogP contribution < -0.4 is 10.7 Å². The lowest BCUT2D eigenvalue weighted by molar-refractivity contribution is 0.101. The number of carbonyl (C=O) groups excluding carboxylic acids is 1. The number of nitrogens with zero attached hydrogens (tertiary/aromatic N) is 3. The predicted octanol–water partition coefficient (Wildman–Crippen LogP) is 4.64. The number of para-hydroxylation sites is 1. The maximum absolute atomic E-state index is 14.2. The summed E-state index contributed by atoms with van der Waals surface area (Å²) in [6.07, 6.45) is 0. The molecular formula is C22H15F3N4O2S. The minimum Gasteiger partial charge on any atom is -0.296 e. The molecule has 0 saturated heterocycles. The monoisotopic (exact) mass is 456 g/mol. The molecule has 4 aromatic rings. The van der Waals surface area contributed by atoms with Gasteiger partial charge in [0.2, 0.25) is 5.43 Å². The van der Waals surface area contributed by atoms with Crippen LogP contribution in [0.5, 0.6) is 0 Å². The third-order valence-corrected chi connectivity index (χ3v) is 5.50. The maximum Gasteiger partial charge on any atom is 0.281 e. The summed E-state index contributed by atoms with van der Waals surface area (Å²) in [4.78, 5) is 30.0. The molecule has 4 rings (SSSR count). The van der Waals surface area contributed by atoms with E-state index in [4.69, 9.17) is 0 Å². The van der Waals surface area contributed by atoms with Crippen molar-refractivity contribution in [2.24, 2.45) is 0 Å². The van der Waals surface area contributed by atoms with Crippen molar-refractivity contribution in [1.29, 1.82) is 0 Å².